The van der Waals surface area contributed by atoms with E-state index >= 15 is 0 Å². The first-order chi connectivity index (χ1) is 12.6. The molecule has 2 aromatic carbocycles. The summed E-state index contributed by atoms with van der Waals surface area (Å²) in [6, 6.07) is 18.8. The average molecular weight is 345 g/mol. The van der Waals surface area contributed by atoms with E-state index in [9.17, 15) is 4.79 Å². The van der Waals surface area contributed by atoms with Crippen LogP contribution in [0.1, 0.15) is 43.4 Å². The first kappa shape index (κ1) is 16.6. The van der Waals surface area contributed by atoms with Crippen molar-refractivity contribution in [3.63, 3.8) is 0 Å². The van der Waals surface area contributed by atoms with Gasteiger partial charge in [0.2, 0.25) is 5.91 Å². The summed E-state index contributed by atoms with van der Waals surface area (Å²) < 4.78 is 2.23. The van der Waals surface area contributed by atoms with Crippen LogP contribution in [-0.2, 0) is 4.79 Å². The lowest BCUT2D eigenvalue weighted by molar-refractivity contribution is -0.122. The second-order valence-corrected chi connectivity index (χ2v) is 7.20. The van der Waals surface area contributed by atoms with Gasteiger partial charge in [0.25, 0.3) is 0 Å². The third-order valence-corrected chi connectivity index (χ3v) is 5.06. The topological polar surface area (TPSA) is 46.4 Å². The molecule has 0 unspecified atom stereocenters. The van der Waals surface area contributed by atoms with Crippen LogP contribution in [0.15, 0.2) is 65.9 Å². The molecule has 4 rings (SSSR count). The van der Waals surface area contributed by atoms with Gasteiger partial charge in [0.15, 0.2) is 0 Å². The van der Waals surface area contributed by atoms with Gasteiger partial charge < -0.3 is 4.57 Å². The fourth-order valence-corrected chi connectivity index (χ4v) is 3.56. The zero-order chi connectivity index (χ0) is 18.1. The molecule has 0 radical (unpaired) electrons. The van der Waals surface area contributed by atoms with Gasteiger partial charge >= 0.3 is 0 Å². The van der Waals surface area contributed by atoms with Gasteiger partial charge in [0.05, 0.1) is 6.21 Å². The Bertz CT molecular complexity index is 956. The summed E-state index contributed by atoms with van der Waals surface area (Å²) in [5.41, 5.74) is 6.15. The van der Waals surface area contributed by atoms with E-state index < -0.39 is 0 Å². The van der Waals surface area contributed by atoms with Crippen molar-refractivity contribution >= 4 is 23.0 Å². The number of carbonyl (C=O) groups excluding carboxylic acids is 1. The maximum absolute atomic E-state index is 12.3. The molecule has 2 atom stereocenters. The number of nitrogens with one attached hydrogen (secondary N) is 1. The summed E-state index contributed by atoms with van der Waals surface area (Å²) in [6.45, 7) is 4.32. The number of para-hydroxylation sites is 1. The molecule has 1 aliphatic carbocycles. The zero-order valence-electron chi connectivity index (χ0n) is 15.1. The van der Waals surface area contributed by atoms with E-state index in [2.05, 4.69) is 59.4 Å². The number of nitrogens with zero attached hydrogens (tertiary/aromatic N) is 2. The van der Waals surface area contributed by atoms with E-state index in [4.69, 9.17) is 0 Å². The highest BCUT2D eigenvalue weighted by molar-refractivity contribution is 5.99. The molecule has 1 heterocycles. The molecule has 0 bridgehead atoms. The predicted molar refractivity (Wildman–Crippen MR) is 105 cm³/mol. The van der Waals surface area contributed by atoms with E-state index in [1.54, 1.807) is 6.21 Å². The molecule has 1 fully saturated rings. The summed E-state index contributed by atoms with van der Waals surface area (Å²) in [6.07, 6.45) is 4.74. The lowest BCUT2D eigenvalue weighted by Gasteiger charge is -2.08. The summed E-state index contributed by atoms with van der Waals surface area (Å²) in [5.74, 6) is 0.364. The second kappa shape index (κ2) is 6.79. The number of aromatic nitrogens is 1. The Labute approximate surface area is 153 Å². The lowest BCUT2D eigenvalue weighted by Crippen LogP contribution is -2.20. The highest BCUT2D eigenvalue weighted by Gasteiger charge is 2.43. The van der Waals surface area contributed by atoms with Crippen LogP contribution in [0.25, 0.3) is 10.9 Å². The smallest absolute Gasteiger partial charge is 0.243 e. The first-order valence-corrected chi connectivity index (χ1v) is 9.12. The van der Waals surface area contributed by atoms with Crippen LogP contribution in [0, 0.1) is 5.92 Å². The molecule has 1 aliphatic rings. The molecule has 1 aromatic heterocycles. The Morgan fingerprint density at radius 2 is 1.88 bits per heavy atom. The molecule has 4 nitrogen and oxygen atoms in total. The quantitative estimate of drug-likeness (QED) is 0.538. The van der Waals surface area contributed by atoms with Crippen LogP contribution in [0.2, 0.25) is 0 Å². The molecule has 26 heavy (non-hydrogen) atoms. The summed E-state index contributed by atoms with van der Waals surface area (Å²) in [4.78, 5) is 12.3. The second-order valence-electron chi connectivity index (χ2n) is 7.20. The molecule has 1 saturated carbocycles. The third-order valence-electron chi connectivity index (χ3n) is 5.06. The van der Waals surface area contributed by atoms with E-state index in [-0.39, 0.29) is 11.8 Å². The van der Waals surface area contributed by atoms with Crippen LogP contribution in [-0.4, -0.2) is 16.7 Å². The Kier molecular flexibility index (Phi) is 4.33. The Hall–Kier alpha value is -2.88. The average Bonchev–Trinajstić information content (AvgIpc) is 3.38. The number of benzene rings is 2. The van der Waals surface area contributed by atoms with Crippen molar-refractivity contribution in [2.75, 3.05) is 0 Å². The first-order valence-electron chi connectivity index (χ1n) is 9.12. The van der Waals surface area contributed by atoms with Gasteiger partial charge in [-0.1, -0.05) is 48.5 Å². The fraction of sp³-hybridized carbons (Fsp3) is 0.273. The third kappa shape index (κ3) is 3.15. The SMILES string of the molecule is CC(C)n1cc(/C=N/NC(=O)[C@@H]2C[C@H]2c2ccccc2)c2ccccc21. The fourth-order valence-electron chi connectivity index (χ4n) is 3.56. The maximum atomic E-state index is 12.3. The molecule has 132 valence electrons. The number of rotatable bonds is 5. The molecule has 3 aromatic rings. The molecular formula is C22H23N3O. The van der Waals surface area contributed by atoms with Gasteiger partial charge in [-0.25, -0.2) is 5.43 Å². The van der Waals surface area contributed by atoms with E-state index in [1.165, 1.54) is 11.1 Å². The van der Waals surface area contributed by atoms with Crippen molar-refractivity contribution in [3.05, 3.63) is 71.9 Å². The lowest BCUT2D eigenvalue weighted by atomic mass is 10.1. The Morgan fingerprint density at radius 3 is 2.65 bits per heavy atom. The molecule has 4 heteroatoms. The molecule has 1 amide bonds. The number of carbonyl (C=O) groups is 1. The van der Waals surface area contributed by atoms with Gasteiger partial charge in [0, 0.05) is 34.6 Å². The van der Waals surface area contributed by atoms with Gasteiger partial charge in [-0.05, 0) is 37.8 Å². The normalized spacial score (nSPS) is 19.3. The zero-order valence-corrected chi connectivity index (χ0v) is 15.1. The van der Waals surface area contributed by atoms with Crippen molar-refractivity contribution in [1.82, 2.24) is 9.99 Å². The molecule has 1 N–H and O–H groups in total. The predicted octanol–water partition coefficient (Wildman–Crippen LogP) is 4.48. The van der Waals surface area contributed by atoms with Crippen molar-refractivity contribution in [2.45, 2.75) is 32.2 Å². The van der Waals surface area contributed by atoms with Gasteiger partial charge in [0.1, 0.15) is 0 Å². The Morgan fingerprint density at radius 1 is 1.15 bits per heavy atom. The highest BCUT2D eigenvalue weighted by Crippen LogP contribution is 2.47. The van der Waals surface area contributed by atoms with Crippen LogP contribution < -0.4 is 5.43 Å². The van der Waals surface area contributed by atoms with Crippen LogP contribution in [0.3, 0.4) is 0 Å². The molecular weight excluding hydrogens is 322 g/mol. The number of fused-ring (bicyclic) bond motifs is 1. The van der Waals surface area contributed by atoms with Gasteiger partial charge in [-0.2, -0.15) is 5.10 Å². The highest BCUT2D eigenvalue weighted by atomic mass is 16.2. The van der Waals surface area contributed by atoms with Crippen molar-refractivity contribution in [2.24, 2.45) is 11.0 Å². The van der Waals surface area contributed by atoms with Crippen LogP contribution >= 0.6 is 0 Å². The number of hydrogen-bond acceptors (Lipinski definition) is 2. The standard InChI is InChI=1S/C22H23N3O/c1-15(2)25-14-17(18-10-6-7-11-21(18)25)13-23-24-22(26)20-12-19(20)16-8-4-3-5-9-16/h3-11,13-15,19-20H,12H2,1-2H3,(H,24,26)/b23-13+/t19-,20+/m0/s1. The van der Waals surface area contributed by atoms with Crippen LogP contribution in [0.5, 0.6) is 0 Å². The van der Waals surface area contributed by atoms with E-state index in [0.29, 0.717) is 12.0 Å². The number of amides is 1. The largest absolute Gasteiger partial charge is 0.344 e. The maximum Gasteiger partial charge on any atom is 0.243 e. The Balaban J connectivity index is 1.45. The molecule has 0 aliphatic heterocycles. The van der Waals surface area contributed by atoms with Crippen molar-refractivity contribution < 1.29 is 4.79 Å². The van der Waals surface area contributed by atoms with Crippen molar-refractivity contribution in [3.8, 4) is 0 Å². The summed E-state index contributed by atoms with van der Waals surface area (Å²) in [7, 11) is 0. The minimum Gasteiger partial charge on any atom is -0.344 e. The van der Waals surface area contributed by atoms with E-state index in [1.807, 2.05) is 30.3 Å². The van der Waals surface area contributed by atoms with Gasteiger partial charge in [-0.15, -0.1) is 0 Å². The molecule has 0 spiro atoms. The van der Waals surface area contributed by atoms with Crippen LogP contribution in [0.4, 0.5) is 0 Å². The number of hydrogen-bond donors (Lipinski definition) is 1. The van der Waals surface area contributed by atoms with Crippen molar-refractivity contribution in [1.29, 1.82) is 0 Å². The summed E-state index contributed by atoms with van der Waals surface area (Å²) in [5, 5.41) is 5.36. The summed E-state index contributed by atoms with van der Waals surface area (Å²) >= 11 is 0. The van der Waals surface area contributed by atoms with E-state index in [0.717, 1.165) is 17.4 Å². The minimum absolute atomic E-state index is 0.00250. The minimum atomic E-state index is 0.00250. The number of hydrazone groups is 1. The molecule has 0 saturated heterocycles. The monoisotopic (exact) mass is 345 g/mol. The van der Waals surface area contributed by atoms with Gasteiger partial charge in [-0.3, -0.25) is 4.79 Å².